The van der Waals surface area contributed by atoms with Gasteiger partial charge >= 0.3 is 0 Å². The van der Waals surface area contributed by atoms with Crippen LogP contribution in [-0.4, -0.2) is 4.98 Å². The summed E-state index contributed by atoms with van der Waals surface area (Å²) in [5, 5.41) is 0.729. The minimum atomic E-state index is 0.358. The highest BCUT2D eigenvalue weighted by Crippen LogP contribution is 2.30. The van der Waals surface area contributed by atoms with Crippen LogP contribution in [0.15, 0.2) is 24.3 Å². The number of aromatic nitrogens is 1. The lowest BCUT2D eigenvalue weighted by molar-refractivity contribution is 1.29. The Bertz CT molecular complexity index is 556. The Labute approximate surface area is 105 Å². The molecule has 0 aliphatic carbocycles. The third-order valence-electron chi connectivity index (χ3n) is 2.71. The van der Waals surface area contributed by atoms with Crippen molar-refractivity contribution in [3.63, 3.8) is 0 Å². The van der Waals surface area contributed by atoms with Gasteiger partial charge in [0, 0.05) is 10.6 Å². The van der Waals surface area contributed by atoms with Gasteiger partial charge in [0.15, 0.2) is 0 Å². The third-order valence-corrected chi connectivity index (χ3v) is 2.93. The molecule has 2 rings (SSSR count). The highest BCUT2D eigenvalue weighted by atomic mass is 35.5. The van der Waals surface area contributed by atoms with Crippen molar-refractivity contribution in [2.75, 3.05) is 11.5 Å². The smallest absolute Gasteiger partial charge is 0.147 e. The first-order chi connectivity index (χ1) is 7.99. The van der Waals surface area contributed by atoms with Gasteiger partial charge < -0.3 is 11.5 Å². The maximum Gasteiger partial charge on any atom is 0.147 e. The largest absolute Gasteiger partial charge is 0.396 e. The Hall–Kier alpha value is -1.74. The summed E-state index contributed by atoms with van der Waals surface area (Å²) in [6.45, 7) is 4.00. The van der Waals surface area contributed by atoms with Crippen LogP contribution in [0.3, 0.4) is 0 Å². The molecule has 0 aliphatic heterocycles. The van der Waals surface area contributed by atoms with Crippen LogP contribution < -0.4 is 11.5 Å². The number of halogens is 1. The molecule has 4 heteroatoms. The second-order valence-corrected chi connectivity index (χ2v) is 4.52. The fourth-order valence-electron chi connectivity index (χ4n) is 1.94. The maximum atomic E-state index is 6.00. The normalized spacial score (nSPS) is 10.5. The van der Waals surface area contributed by atoms with Gasteiger partial charge in [0.2, 0.25) is 0 Å². The van der Waals surface area contributed by atoms with Crippen molar-refractivity contribution in [3.05, 3.63) is 40.4 Å². The number of pyridine rings is 1. The van der Waals surface area contributed by atoms with Crippen molar-refractivity contribution in [2.24, 2.45) is 0 Å². The Balaban J connectivity index is 2.64. The fraction of sp³-hybridized carbons (Fsp3) is 0.154. The second-order valence-electron chi connectivity index (χ2n) is 4.09. The van der Waals surface area contributed by atoms with E-state index < -0.39 is 0 Å². The second kappa shape index (κ2) is 4.26. The molecule has 0 radical (unpaired) electrons. The van der Waals surface area contributed by atoms with E-state index >= 15 is 0 Å². The molecular formula is C13H14ClN3. The molecule has 17 heavy (non-hydrogen) atoms. The van der Waals surface area contributed by atoms with E-state index in [-0.39, 0.29) is 0 Å². The molecule has 4 N–H and O–H groups in total. The van der Waals surface area contributed by atoms with Gasteiger partial charge in [-0.2, -0.15) is 0 Å². The maximum absolute atomic E-state index is 6.00. The number of nitrogens with two attached hydrogens (primary N) is 2. The highest BCUT2D eigenvalue weighted by Gasteiger charge is 2.09. The predicted molar refractivity (Wildman–Crippen MR) is 73.0 cm³/mol. The molecular weight excluding hydrogens is 234 g/mol. The van der Waals surface area contributed by atoms with E-state index in [9.17, 15) is 0 Å². The minimum absolute atomic E-state index is 0.358. The van der Waals surface area contributed by atoms with Crippen LogP contribution in [0.1, 0.15) is 11.1 Å². The molecule has 0 saturated carbocycles. The van der Waals surface area contributed by atoms with Gasteiger partial charge in [-0.25, -0.2) is 4.98 Å². The molecule has 1 aromatic carbocycles. The highest BCUT2D eigenvalue weighted by molar-refractivity contribution is 6.30. The van der Waals surface area contributed by atoms with Gasteiger partial charge in [0.1, 0.15) is 5.82 Å². The molecule has 0 bridgehead atoms. The third kappa shape index (κ3) is 2.19. The van der Waals surface area contributed by atoms with Crippen LogP contribution in [0.2, 0.25) is 5.02 Å². The molecule has 2 aromatic rings. The number of benzene rings is 1. The summed E-state index contributed by atoms with van der Waals surface area (Å²) in [7, 11) is 0. The Morgan fingerprint density at radius 1 is 1.06 bits per heavy atom. The molecule has 1 aromatic heterocycles. The molecule has 0 saturated heterocycles. The van der Waals surface area contributed by atoms with E-state index in [1.54, 1.807) is 6.07 Å². The zero-order valence-electron chi connectivity index (χ0n) is 9.79. The van der Waals surface area contributed by atoms with Crippen LogP contribution in [0, 0.1) is 13.8 Å². The summed E-state index contributed by atoms with van der Waals surface area (Å²) in [4.78, 5) is 4.30. The zero-order valence-corrected chi connectivity index (χ0v) is 10.5. The molecule has 3 nitrogen and oxygen atoms in total. The summed E-state index contributed by atoms with van der Waals surface area (Å²) in [5.74, 6) is 0.358. The SMILES string of the molecule is Cc1cc(Cl)cc(C)c1-c1ccc(N)c(N)n1. The number of aryl methyl sites for hydroxylation is 2. The van der Waals surface area contributed by atoms with E-state index in [0.717, 1.165) is 27.4 Å². The average molecular weight is 248 g/mol. The number of hydrogen-bond acceptors (Lipinski definition) is 3. The first-order valence-corrected chi connectivity index (χ1v) is 5.66. The molecule has 88 valence electrons. The molecule has 0 atom stereocenters. The van der Waals surface area contributed by atoms with Crippen molar-refractivity contribution in [1.82, 2.24) is 4.98 Å². The van der Waals surface area contributed by atoms with Crippen molar-refractivity contribution in [1.29, 1.82) is 0 Å². The van der Waals surface area contributed by atoms with E-state index in [0.29, 0.717) is 11.5 Å². The van der Waals surface area contributed by atoms with E-state index in [4.69, 9.17) is 23.1 Å². The van der Waals surface area contributed by atoms with Gasteiger partial charge in [-0.3, -0.25) is 0 Å². The van der Waals surface area contributed by atoms with Crippen LogP contribution in [0.4, 0.5) is 11.5 Å². The Kier molecular flexibility index (Phi) is 2.94. The van der Waals surface area contributed by atoms with Crippen molar-refractivity contribution >= 4 is 23.1 Å². The number of nitrogen functional groups attached to an aromatic ring is 2. The molecule has 1 heterocycles. The predicted octanol–water partition coefficient (Wildman–Crippen LogP) is 3.18. The monoisotopic (exact) mass is 247 g/mol. The lowest BCUT2D eigenvalue weighted by atomic mass is 9.99. The number of hydrogen-bond donors (Lipinski definition) is 2. The Morgan fingerprint density at radius 2 is 1.65 bits per heavy atom. The average Bonchev–Trinajstić information content (AvgIpc) is 2.21. The van der Waals surface area contributed by atoms with E-state index in [1.807, 2.05) is 32.0 Å². The fourth-order valence-corrected chi connectivity index (χ4v) is 2.27. The summed E-state index contributed by atoms with van der Waals surface area (Å²) in [6, 6.07) is 7.47. The molecule has 0 amide bonds. The topological polar surface area (TPSA) is 64.9 Å². The van der Waals surface area contributed by atoms with Gasteiger partial charge in [-0.05, 0) is 49.2 Å². The lowest BCUT2D eigenvalue weighted by Crippen LogP contribution is -2.00. The lowest BCUT2D eigenvalue weighted by Gasteiger charge is -2.11. The zero-order chi connectivity index (χ0) is 12.6. The van der Waals surface area contributed by atoms with E-state index in [1.165, 1.54) is 0 Å². The van der Waals surface area contributed by atoms with E-state index in [2.05, 4.69) is 4.98 Å². The Morgan fingerprint density at radius 3 is 2.18 bits per heavy atom. The number of anilines is 2. The van der Waals surface area contributed by atoms with Crippen LogP contribution in [-0.2, 0) is 0 Å². The summed E-state index contributed by atoms with van der Waals surface area (Å²) < 4.78 is 0. The molecule has 0 unspecified atom stereocenters. The van der Waals surface area contributed by atoms with Gasteiger partial charge in [-0.15, -0.1) is 0 Å². The quantitative estimate of drug-likeness (QED) is 0.813. The minimum Gasteiger partial charge on any atom is -0.396 e. The number of rotatable bonds is 1. The van der Waals surface area contributed by atoms with Gasteiger partial charge in [0.25, 0.3) is 0 Å². The number of nitrogens with zero attached hydrogens (tertiary/aromatic N) is 1. The summed E-state index contributed by atoms with van der Waals surface area (Å²) in [6.07, 6.45) is 0. The first kappa shape index (κ1) is 11.7. The van der Waals surface area contributed by atoms with Crippen molar-refractivity contribution < 1.29 is 0 Å². The van der Waals surface area contributed by atoms with Crippen molar-refractivity contribution in [2.45, 2.75) is 13.8 Å². The van der Waals surface area contributed by atoms with Crippen LogP contribution in [0.5, 0.6) is 0 Å². The van der Waals surface area contributed by atoms with Crippen LogP contribution in [0.25, 0.3) is 11.3 Å². The summed E-state index contributed by atoms with van der Waals surface area (Å²) >= 11 is 6.00. The molecule has 0 fully saturated rings. The van der Waals surface area contributed by atoms with Gasteiger partial charge in [-0.1, -0.05) is 11.6 Å². The molecule has 0 spiro atoms. The van der Waals surface area contributed by atoms with Crippen LogP contribution >= 0.6 is 11.6 Å². The standard InChI is InChI=1S/C13H14ClN3/c1-7-5-9(14)6-8(2)12(7)11-4-3-10(15)13(16)17-11/h3-6H,15H2,1-2H3,(H2,16,17). The first-order valence-electron chi connectivity index (χ1n) is 5.28. The molecule has 0 aliphatic rings. The van der Waals surface area contributed by atoms with Crippen molar-refractivity contribution in [3.8, 4) is 11.3 Å². The summed E-state index contributed by atoms with van der Waals surface area (Å²) in [5.41, 5.74) is 15.9. The van der Waals surface area contributed by atoms with Gasteiger partial charge in [0.05, 0.1) is 11.4 Å².